The third-order valence-electron chi connectivity index (χ3n) is 2.56. The average Bonchev–Trinajstić information content (AvgIpc) is 2.72. The monoisotopic (exact) mass is 212 g/mol. The zero-order valence-electron chi connectivity index (χ0n) is 9.07. The first-order chi connectivity index (χ1) is 6.77. The van der Waals surface area contributed by atoms with Gasteiger partial charge in [-0.3, -0.25) is 0 Å². The fourth-order valence-corrected chi connectivity index (χ4v) is 2.27. The highest BCUT2D eigenvalue weighted by Gasteiger charge is 2.08. The van der Waals surface area contributed by atoms with E-state index in [2.05, 4.69) is 36.3 Å². The van der Waals surface area contributed by atoms with Gasteiger partial charge < -0.3 is 10.6 Å². The highest BCUT2D eigenvalue weighted by atomic mass is 32.1. The van der Waals surface area contributed by atoms with Crippen LogP contribution in [0.1, 0.15) is 31.2 Å². The Labute approximate surface area is 90.7 Å². The van der Waals surface area contributed by atoms with Gasteiger partial charge in [-0.25, -0.2) is 0 Å². The maximum absolute atomic E-state index is 6.08. The fourth-order valence-electron chi connectivity index (χ4n) is 1.51. The van der Waals surface area contributed by atoms with Gasteiger partial charge in [0.15, 0.2) is 0 Å². The average molecular weight is 212 g/mol. The van der Waals surface area contributed by atoms with E-state index >= 15 is 0 Å². The molecule has 0 radical (unpaired) electrons. The molecular weight excluding hydrogens is 192 g/mol. The summed E-state index contributed by atoms with van der Waals surface area (Å²) in [4.78, 5) is 3.71. The third kappa shape index (κ3) is 3.40. The fraction of sp³-hybridized carbons (Fsp3) is 0.636. The van der Waals surface area contributed by atoms with E-state index in [1.807, 2.05) is 0 Å². The summed E-state index contributed by atoms with van der Waals surface area (Å²) >= 11 is 1.75. The second kappa shape index (κ2) is 6.17. The summed E-state index contributed by atoms with van der Waals surface area (Å²) in [6, 6.07) is 4.41. The van der Waals surface area contributed by atoms with Crippen LogP contribution in [-0.2, 0) is 0 Å². The van der Waals surface area contributed by atoms with Gasteiger partial charge in [-0.1, -0.05) is 19.9 Å². The molecule has 1 rings (SSSR count). The zero-order chi connectivity index (χ0) is 10.4. The lowest BCUT2D eigenvalue weighted by molar-refractivity contribution is 0.291. The second-order valence-corrected chi connectivity index (χ2v) is 4.42. The van der Waals surface area contributed by atoms with Gasteiger partial charge in [-0.05, 0) is 37.5 Å². The topological polar surface area (TPSA) is 29.3 Å². The summed E-state index contributed by atoms with van der Waals surface area (Å²) in [6.07, 6.45) is 1.06. The predicted molar refractivity (Wildman–Crippen MR) is 63.7 cm³/mol. The molecule has 1 aromatic rings. The van der Waals surface area contributed by atoms with Crippen LogP contribution < -0.4 is 5.73 Å². The second-order valence-electron chi connectivity index (χ2n) is 3.44. The number of nitrogens with two attached hydrogens (primary N) is 1. The molecule has 2 nitrogen and oxygen atoms in total. The Hall–Kier alpha value is -0.380. The van der Waals surface area contributed by atoms with Crippen LogP contribution >= 0.6 is 11.3 Å². The summed E-state index contributed by atoms with van der Waals surface area (Å²) in [5.74, 6) is 0. The third-order valence-corrected chi connectivity index (χ3v) is 3.56. The maximum atomic E-state index is 6.08. The molecule has 1 heterocycles. The minimum absolute atomic E-state index is 0.218. The molecule has 0 aliphatic rings. The van der Waals surface area contributed by atoms with Gasteiger partial charge in [0, 0.05) is 10.9 Å². The Morgan fingerprint density at radius 1 is 1.43 bits per heavy atom. The largest absolute Gasteiger partial charge is 0.323 e. The van der Waals surface area contributed by atoms with Crippen LogP contribution in [0, 0.1) is 0 Å². The first-order valence-corrected chi connectivity index (χ1v) is 6.17. The van der Waals surface area contributed by atoms with Crippen molar-refractivity contribution in [2.24, 2.45) is 5.73 Å². The Bertz CT molecular complexity index is 229. The Morgan fingerprint density at radius 3 is 2.64 bits per heavy atom. The van der Waals surface area contributed by atoms with Crippen LogP contribution in [0.25, 0.3) is 0 Å². The number of hydrogen-bond acceptors (Lipinski definition) is 3. The van der Waals surface area contributed by atoms with Crippen LogP contribution in [0.15, 0.2) is 17.5 Å². The van der Waals surface area contributed by atoms with Crippen LogP contribution in [0.4, 0.5) is 0 Å². The first-order valence-electron chi connectivity index (χ1n) is 5.29. The SMILES string of the molecule is CCN(CC)CCC(N)c1cccs1. The summed E-state index contributed by atoms with van der Waals surface area (Å²) in [7, 11) is 0. The van der Waals surface area contributed by atoms with Crippen molar-refractivity contribution in [1.29, 1.82) is 0 Å². The summed E-state index contributed by atoms with van der Waals surface area (Å²) in [5.41, 5.74) is 6.08. The molecule has 0 bridgehead atoms. The van der Waals surface area contributed by atoms with E-state index < -0.39 is 0 Å². The molecule has 1 aromatic heterocycles. The van der Waals surface area contributed by atoms with Gasteiger partial charge in [-0.2, -0.15) is 0 Å². The number of thiophene rings is 1. The van der Waals surface area contributed by atoms with Crippen LogP contribution in [0.5, 0.6) is 0 Å². The first kappa shape index (κ1) is 11.7. The minimum atomic E-state index is 0.218. The Balaban J connectivity index is 2.31. The highest BCUT2D eigenvalue weighted by molar-refractivity contribution is 7.10. The van der Waals surface area contributed by atoms with E-state index in [-0.39, 0.29) is 6.04 Å². The van der Waals surface area contributed by atoms with Gasteiger partial charge >= 0.3 is 0 Å². The molecule has 80 valence electrons. The maximum Gasteiger partial charge on any atom is 0.0401 e. The van der Waals surface area contributed by atoms with E-state index in [0.29, 0.717) is 0 Å². The van der Waals surface area contributed by atoms with E-state index in [9.17, 15) is 0 Å². The predicted octanol–water partition coefficient (Wildman–Crippen LogP) is 2.48. The summed E-state index contributed by atoms with van der Waals surface area (Å²) in [6.45, 7) is 7.73. The molecule has 14 heavy (non-hydrogen) atoms. The molecule has 1 unspecified atom stereocenters. The molecule has 0 saturated carbocycles. The van der Waals surface area contributed by atoms with E-state index in [1.54, 1.807) is 11.3 Å². The lowest BCUT2D eigenvalue weighted by Gasteiger charge is -2.19. The lowest BCUT2D eigenvalue weighted by atomic mass is 10.2. The van der Waals surface area contributed by atoms with Gasteiger partial charge in [0.25, 0.3) is 0 Å². The molecule has 0 amide bonds. The van der Waals surface area contributed by atoms with Crippen molar-refractivity contribution in [2.45, 2.75) is 26.3 Å². The number of nitrogens with zero attached hydrogens (tertiary/aromatic N) is 1. The van der Waals surface area contributed by atoms with E-state index in [1.165, 1.54) is 4.88 Å². The lowest BCUT2D eigenvalue weighted by Crippen LogP contribution is -2.26. The van der Waals surface area contributed by atoms with Crippen molar-refractivity contribution in [3.63, 3.8) is 0 Å². The molecule has 0 aromatic carbocycles. The van der Waals surface area contributed by atoms with Crippen LogP contribution in [-0.4, -0.2) is 24.5 Å². The molecule has 0 spiro atoms. The van der Waals surface area contributed by atoms with Crippen molar-refractivity contribution >= 4 is 11.3 Å². The van der Waals surface area contributed by atoms with Crippen LogP contribution in [0.3, 0.4) is 0 Å². The number of rotatable bonds is 6. The van der Waals surface area contributed by atoms with Gasteiger partial charge in [0.05, 0.1) is 0 Å². The Morgan fingerprint density at radius 2 is 2.14 bits per heavy atom. The molecule has 0 saturated heterocycles. The summed E-state index contributed by atoms with van der Waals surface area (Å²) < 4.78 is 0. The smallest absolute Gasteiger partial charge is 0.0401 e. The zero-order valence-corrected chi connectivity index (χ0v) is 9.89. The van der Waals surface area contributed by atoms with Gasteiger partial charge in [0.2, 0.25) is 0 Å². The molecule has 2 N–H and O–H groups in total. The summed E-state index contributed by atoms with van der Waals surface area (Å²) in [5, 5.41) is 2.09. The molecule has 3 heteroatoms. The van der Waals surface area contributed by atoms with E-state index in [0.717, 1.165) is 26.1 Å². The highest BCUT2D eigenvalue weighted by Crippen LogP contribution is 2.19. The Kier molecular flexibility index (Phi) is 5.15. The van der Waals surface area contributed by atoms with Crippen molar-refractivity contribution in [2.75, 3.05) is 19.6 Å². The van der Waals surface area contributed by atoms with Crippen molar-refractivity contribution in [3.05, 3.63) is 22.4 Å². The van der Waals surface area contributed by atoms with Crippen molar-refractivity contribution < 1.29 is 0 Å². The molecule has 0 fully saturated rings. The molecule has 0 aliphatic carbocycles. The normalized spacial score (nSPS) is 13.4. The van der Waals surface area contributed by atoms with Crippen molar-refractivity contribution in [3.8, 4) is 0 Å². The quantitative estimate of drug-likeness (QED) is 0.785. The van der Waals surface area contributed by atoms with Gasteiger partial charge in [0.1, 0.15) is 0 Å². The standard InChI is InChI=1S/C11H20N2S/c1-3-13(4-2)8-7-10(12)11-6-5-9-14-11/h5-6,9-10H,3-4,7-8,12H2,1-2H3. The minimum Gasteiger partial charge on any atom is -0.323 e. The number of hydrogen-bond donors (Lipinski definition) is 1. The van der Waals surface area contributed by atoms with Crippen molar-refractivity contribution in [1.82, 2.24) is 4.90 Å². The van der Waals surface area contributed by atoms with Gasteiger partial charge in [-0.15, -0.1) is 11.3 Å². The molecule has 0 aliphatic heterocycles. The van der Waals surface area contributed by atoms with E-state index in [4.69, 9.17) is 5.73 Å². The van der Waals surface area contributed by atoms with Crippen LogP contribution in [0.2, 0.25) is 0 Å². The molecular formula is C11H20N2S. The molecule has 1 atom stereocenters.